The largest absolute Gasteiger partial charge is 0.402 e. The molecule has 0 aromatic heterocycles. The fraction of sp³-hybridized carbons (Fsp3) is 1.00. The van der Waals surface area contributed by atoms with Gasteiger partial charge in [0.05, 0.1) is 6.61 Å². The van der Waals surface area contributed by atoms with Crippen molar-refractivity contribution >= 4 is 10.4 Å². The highest BCUT2D eigenvalue weighted by molar-refractivity contribution is 7.81. The van der Waals surface area contributed by atoms with Gasteiger partial charge in [0.25, 0.3) is 0 Å². The Bertz CT molecular complexity index is 176. The van der Waals surface area contributed by atoms with Crippen molar-refractivity contribution in [1.82, 2.24) is 0 Å². The van der Waals surface area contributed by atoms with Crippen LogP contribution in [0.3, 0.4) is 0 Å². The summed E-state index contributed by atoms with van der Waals surface area (Å²) in [6, 6.07) is 0. The molecule has 0 spiro atoms. The first-order valence-corrected chi connectivity index (χ1v) is 4.64. The predicted octanol–water partition coefficient (Wildman–Crippen LogP) is -0.802. The Morgan fingerprint density at radius 1 is 1.50 bits per heavy atom. The van der Waals surface area contributed by atoms with E-state index in [0.29, 0.717) is 0 Å². The van der Waals surface area contributed by atoms with E-state index in [9.17, 15) is 8.42 Å². The van der Waals surface area contributed by atoms with E-state index in [1.165, 1.54) is 20.9 Å². The standard InChI is InChI=1S/C4H10O5S.CH5N/c1-3-8-10(6,7)9-4(2)5;1-2/h4-5H,3H2,1-2H3;2H2,1H3. The Hall–Kier alpha value is -0.210. The van der Waals surface area contributed by atoms with Crippen molar-refractivity contribution in [3.05, 3.63) is 0 Å². The van der Waals surface area contributed by atoms with Crippen LogP contribution in [0.5, 0.6) is 0 Å². The third-order valence-electron chi connectivity index (χ3n) is 0.519. The first-order chi connectivity index (χ1) is 5.48. The SMILES string of the molecule is CCOS(=O)(=O)OC(C)O.CN. The number of nitrogens with two attached hydrogens (primary N) is 1. The van der Waals surface area contributed by atoms with Gasteiger partial charge in [0, 0.05) is 0 Å². The summed E-state index contributed by atoms with van der Waals surface area (Å²) in [5.74, 6) is 0. The molecule has 1 atom stereocenters. The number of hydrogen-bond donors (Lipinski definition) is 2. The van der Waals surface area contributed by atoms with E-state index < -0.39 is 16.7 Å². The van der Waals surface area contributed by atoms with Gasteiger partial charge in [0.15, 0.2) is 6.29 Å². The summed E-state index contributed by atoms with van der Waals surface area (Å²) in [5, 5.41) is 8.43. The number of aliphatic hydroxyl groups is 1. The first kappa shape index (κ1) is 14.3. The van der Waals surface area contributed by atoms with Crippen molar-refractivity contribution in [2.45, 2.75) is 20.1 Å². The molecule has 0 aromatic carbocycles. The van der Waals surface area contributed by atoms with Crippen LogP contribution in [0.1, 0.15) is 13.8 Å². The molecular formula is C5H15NO5S. The van der Waals surface area contributed by atoms with E-state index in [1.807, 2.05) is 0 Å². The van der Waals surface area contributed by atoms with Gasteiger partial charge in [-0.3, -0.25) is 0 Å². The smallest absolute Gasteiger partial charge is 0.367 e. The number of hydrogen-bond acceptors (Lipinski definition) is 6. The van der Waals surface area contributed by atoms with Crippen molar-refractivity contribution < 1.29 is 21.9 Å². The van der Waals surface area contributed by atoms with E-state index in [2.05, 4.69) is 14.1 Å². The van der Waals surface area contributed by atoms with Crippen LogP contribution >= 0.6 is 0 Å². The zero-order chi connectivity index (χ0) is 10.2. The fourth-order valence-corrected chi connectivity index (χ4v) is 1.03. The van der Waals surface area contributed by atoms with Gasteiger partial charge in [-0.1, -0.05) is 0 Å². The van der Waals surface area contributed by atoms with E-state index in [-0.39, 0.29) is 6.61 Å². The minimum absolute atomic E-state index is 0.00491. The average molecular weight is 201 g/mol. The molecule has 0 aliphatic carbocycles. The van der Waals surface area contributed by atoms with E-state index in [1.54, 1.807) is 0 Å². The lowest BCUT2D eigenvalue weighted by molar-refractivity contribution is -0.00703. The highest BCUT2D eigenvalue weighted by atomic mass is 32.3. The molecule has 12 heavy (non-hydrogen) atoms. The third kappa shape index (κ3) is 9.79. The maximum Gasteiger partial charge on any atom is 0.402 e. The molecule has 3 N–H and O–H groups in total. The van der Waals surface area contributed by atoms with E-state index in [0.717, 1.165) is 0 Å². The lowest BCUT2D eigenvalue weighted by atomic mass is 10.8. The highest BCUT2D eigenvalue weighted by Gasteiger charge is 2.13. The summed E-state index contributed by atoms with van der Waals surface area (Å²) in [7, 11) is -2.48. The van der Waals surface area contributed by atoms with Gasteiger partial charge < -0.3 is 10.8 Å². The van der Waals surface area contributed by atoms with Crippen LogP contribution in [0.2, 0.25) is 0 Å². The second-order valence-electron chi connectivity index (χ2n) is 1.51. The van der Waals surface area contributed by atoms with Crippen LogP contribution in [-0.2, 0) is 18.8 Å². The summed E-state index contributed by atoms with van der Waals surface area (Å²) in [5.41, 5.74) is 4.50. The zero-order valence-corrected chi connectivity index (χ0v) is 8.17. The van der Waals surface area contributed by atoms with Crippen molar-refractivity contribution in [3.8, 4) is 0 Å². The van der Waals surface area contributed by atoms with Crippen LogP contribution in [0.25, 0.3) is 0 Å². The summed E-state index contributed by atoms with van der Waals surface area (Å²) in [6.45, 7) is 2.68. The molecule has 0 saturated heterocycles. The number of rotatable bonds is 4. The van der Waals surface area contributed by atoms with E-state index in [4.69, 9.17) is 5.11 Å². The lowest BCUT2D eigenvalue weighted by Gasteiger charge is -2.04. The maximum absolute atomic E-state index is 10.4. The van der Waals surface area contributed by atoms with Gasteiger partial charge in [-0.05, 0) is 20.9 Å². The summed E-state index contributed by atoms with van der Waals surface area (Å²) >= 11 is 0. The topological polar surface area (TPSA) is 98.9 Å². The first-order valence-electron chi connectivity index (χ1n) is 3.31. The van der Waals surface area contributed by atoms with Crippen molar-refractivity contribution in [2.24, 2.45) is 5.73 Å². The Morgan fingerprint density at radius 2 is 1.92 bits per heavy atom. The van der Waals surface area contributed by atoms with Gasteiger partial charge >= 0.3 is 10.4 Å². The molecule has 76 valence electrons. The fourth-order valence-electron chi connectivity index (χ4n) is 0.343. The molecule has 0 radical (unpaired) electrons. The Kier molecular flexibility index (Phi) is 8.88. The second-order valence-corrected chi connectivity index (χ2v) is 2.75. The molecule has 0 fully saturated rings. The third-order valence-corrected chi connectivity index (χ3v) is 1.56. The molecule has 1 unspecified atom stereocenters. The van der Waals surface area contributed by atoms with E-state index >= 15 is 0 Å². The Labute approximate surface area is 72.6 Å². The van der Waals surface area contributed by atoms with Crippen molar-refractivity contribution in [3.63, 3.8) is 0 Å². The van der Waals surface area contributed by atoms with Crippen LogP contribution in [0, 0.1) is 0 Å². The van der Waals surface area contributed by atoms with Crippen LogP contribution in [-0.4, -0.2) is 33.5 Å². The second kappa shape index (κ2) is 7.44. The normalized spacial score (nSPS) is 13.1. The maximum atomic E-state index is 10.4. The molecule has 0 aromatic rings. The Balaban J connectivity index is 0. The summed E-state index contributed by atoms with van der Waals surface area (Å²) in [6.07, 6.45) is -1.36. The Morgan fingerprint density at radius 3 is 2.17 bits per heavy atom. The van der Waals surface area contributed by atoms with Crippen molar-refractivity contribution in [1.29, 1.82) is 0 Å². The molecule has 0 saturated carbocycles. The van der Waals surface area contributed by atoms with Crippen LogP contribution in [0.4, 0.5) is 0 Å². The monoisotopic (exact) mass is 201 g/mol. The molecule has 0 rings (SSSR count). The molecule has 7 heteroatoms. The molecular weight excluding hydrogens is 186 g/mol. The lowest BCUT2D eigenvalue weighted by Crippen LogP contribution is -2.16. The predicted molar refractivity (Wildman–Crippen MR) is 43.4 cm³/mol. The molecule has 0 aliphatic heterocycles. The van der Waals surface area contributed by atoms with Crippen molar-refractivity contribution in [2.75, 3.05) is 13.7 Å². The average Bonchev–Trinajstić information content (AvgIpc) is 1.88. The minimum atomic E-state index is -3.98. The number of aliphatic hydroxyl groups excluding tert-OH is 1. The van der Waals surface area contributed by atoms with Gasteiger partial charge in [-0.15, -0.1) is 0 Å². The van der Waals surface area contributed by atoms with Gasteiger partial charge in [0.1, 0.15) is 0 Å². The van der Waals surface area contributed by atoms with Gasteiger partial charge in [-0.25, -0.2) is 8.37 Å². The summed E-state index contributed by atoms with van der Waals surface area (Å²) in [4.78, 5) is 0. The summed E-state index contributed by atoms with van der Waals surface area (Å²) < 4.78 is 29.0. The molecule has 0 amide bonds. The zero-order valence-electron chi connectivity index (χ0n) is 7.35. The molecule has 0 heterocycles. The minimum Gasteiger partial charge on any atom is -0.367 e. The molecule has 0 aliphatic rings. The van der Waals surface area contributed by atoms with Crippen LogP contribution in [0.15, 0.2) is 0 Å². The van der Waals surface area contributed by atoms with Gasteiger partial charge in [0.2, 0.25) is 0 Å². The van der Waals surface area contributed by atoms with Gasteiger partial charge in [-0.2, -0.15) is 8.42 Å². The van der Waals surface area contributed by atoms with Crippen LogP contribution < -0.4 is 5.73 Å². The molecule has 6 nitrogen and oxygen atoms in total. The quantitative estimate of drug-likeness (QED) is 0.577. The molecule has 0 bridgehead atoms. The highest BCUT2D eigenvalue weighted by Crippen LogP contribution is 1.98.